The van der Waals surface area contributed by atoms with Crippen LogP contribution in [-0.2, 0) is 4.74 Å². The lowest BCUT2D eigenvalue weighted by atomic mass is 9.91. The summed E-state index contributed by atoms with van der Waals surface area (Å²) in [6.45, 7) is 2.14. The van der Waals surface area contributed by atoms with E-state index in [-0.39, 0.29) is 0 Å². The molecule has 0 radical (unpaired) electrons. The highest BCUT2D eigenvalue weighted by Gasteiger charge is 2.18. The highest BCUT2D eigenvalue weighted by Crippen LogP contribution is 2.26. The fourth-order valence-electron chi connectivity index (χ4n) is 3.07. The molecule has 136 valence electrons. The molecule has 0 aromatic carbocycles. The molecule has 1 amide bonds. The summed E-state index contributed by atoms with van der Waals surface area (Å²) in [4.78, 5) is 28.4. The number of rotatable bonds is 3. The first-order chi connectivity index (χ1) is 12.6. The monoisotopic (exact) mass is 354 g/mol. The minimum absolute atomic E-state index is 0.338. The number of nitrogens with one attached hydrogen (secondary N) is 2. The molecule has 0 saturated carbocycles. The van der Waals surface area contributed by atoms with Crippen LogP contribution in [0.2, 0.25) is 0 Å². The molecule has 2 aliphatic rings. The predicted octanol–water partition coefficient (Wildman–Crippen LogP) is 0.407. The molecule has 1 unspecified atom stereocenters. The lowest BCUT2D eigenvalue weighted by molar-refractivity contribution is 0.0996. The Morgan fingerprint density at radius 2 is 2.15 bits per heavy atom. The summed E-state index contributed by atoms with van der Waals surface area (Å²) >= 11 is 0. The molecule has 1 aliphatic carbocycles. The van der Waals surface area contributed by atoms with Gasteiger partial charge in [0.15, 0.2) is 0 Å². The van der Waals surface area contributed by atoms with Crippen LogP contribution in [0.25, 0.3) is 11.3 Å². The second kappa shape index (κ2) is 7.81. The maximum absolute atomic E-state index is 10.2. The largest absolute Gasteiger partial charge is 0.499 e. The van der Waals surface area contributed by atoms with E-state index in [1.165, 1.54) is 23.7 Å². The summed E-state index contributed by atoms with van der Waals surface area (Å²) in [5.41, 5.74) is 7.89. The van der Waals surface area contributed by atoms with E-state index in [1.54, 1.807) is 13.4 Å². The number of hydrogen-bond acceptors (Lipinski definition) is 5. The van der Waals surface area contributed by atoms with Gasteiger partial charge in [0.1, 0.15) is 16.8 Å². The Morgan fingerprint density at radius 1 is 1.31 bits per heavy atom. The van der Waals surface area contributed by atoms with E-state index in [0.29, 0.717) is 11.7 Å². The molecule has 0 spiro atoms. The zero-order valence-corrected chi connectivity index (χ0v) is 14.8. The van der Waals surface area contributed by atoms with Gasteiger partial charge in [0, 0.05) is 12.6 Å². The number of nitrogens with zero attached hydrogens (tertiary/aromatic N) is 3. The fourth-order valence-corrected chi connectivity index (χ4v) is 3.07. The van der Waals surface area contributed by atoms with Gasteiger partial charge in [-0.05, 0) is 37.0 Å². The van der Waals surface area contributed by atoms with E-state index in [4.69, 9.17) is 10.5 Å². The van der Waals surface area contributed by atoms with Crippen LogP contribution in [0.15, 0.2) is 35.5 Å². The maximum atomic E-state index is 10.2. The molecule has 8 nitrogen and oxygen atoms in total. The van der Waals surface area contributed by atoms with Crippen molar-refractivity contribution in [3.63, 3.8) is 0 Å². The summed E-state index contributed by atoms with van der Waals surface area (Å²) < 4.78 is 5.42. The number of carbonyl (C=O) groups is 1. The van der Waals surface area contributed by atoms with Crippen molar-refractivity contribution in [2.75, 3.05) is 7.11 Å². The fraction of sp³-hybridized carbons (Fsp3) is 0.333. The van der Waals surface area contributed by atoms with E-state index in [1.807, 2.05) is 6.21 Å². The minimum Gasteiger partial charge on any atom is -0.499 e. The van der Waals surface area contributed by atoms with Gasteiger partial charge in [-0.3, -0.25) is 9.79 Å². The van der Waals surface area contributed by atoms with Gasteiger partial charge in [0.25, 0.3) is 5.91 Å². The first-order valence-corrected chi connectivity index (χ1v) is 8.40. The number of amides is 1. The maximum Gasteiger partial charge on any atom is 0.266 e. The Balaban J connectivity index is 0.000000206. The van der Waals surface area contributed by atoms with Crippen LogP contribution < -0.4 is 16.4 Å². The van der Waals surface area contributed by atoms with Gasteiger partial charge in [0.05, 0.1) is 37.4 Å². The molecule has 0 bridgehead atoms. The number of aromatic amines is 2. The van der Waals surface area contributed by atoms with E-state index in [2.05, 4.69) is 37.9 Å². The summed E-state index contributed by atoms with van der Waals surface area (Å²) in [5, 5.41) is 2.08. The van der Waals surface area contributed by atoms with Crippen molar-refractivity contribution in [1.82, 2.24) is 19.9 Å². The zero-order chi connectivity index (χ0) is 18.5. The Labute approximate surface area is 150 Å². The molecule has 2 aromatic heterocycles. The Morgan fingerprint density at radius 3 is 2.77 bits per heavy atom. The third kappa shape index (κ3) is 3.74. The highest BCUT2D eigenvalue weighted by molar-refractivity contribution is 5.90. The third-order valence-electron chi connectivity index (χ3n) is 4.34. The molecule has 0 fully saturated rings. The molecule has 4 rings (SSSR count). The van der Waals surface area contributed by atoms with Crippen molar-refractivity contribution in [1.29, 1.82) is 0 Å². The van der Waals surface area contributed by atoms with Crippen molar-refractivity contribution in [2.45, 2.75) is 32.2 Å². The minimum atomic E-state index is -0.484. The first-order valence-electron chi connectivity index (χ1n) is 8.40. The predicted molar refractivity (Wildman–Crippen MR) is 98.7 cm³/mol. The van der Waals surface area contributed by atoms with Gasteiger partial charge in [-0.15, -0.1) is 0 Å². The molecule has 26 heavy (non-hydrogen) atoms. The summed E-state index contributed by atoms with van der Waals surface area (Å²) in [6, 6.07) is 0.368. The quantitative estimate of drug-likeness (QED) is 0.739. The van der Waals surface area contributed by atoms with Gasteiger partial charge in [-0.2, -0.15) is 0 Å². The van der Waals surface area contributed by atoms with Crippen LogP contribution in [0.1, 0.15) is 36.7 Å². The number of ether oxygens (including phenoxy) is 1. The van der Waals surface area contributed by atoms with Crippen LogP contribution >= 0.6 is 0 Å². The van der Waals surface area contributed by atoms with Gasteiger partial charge in [0.2, 0.25) is 0 Å². The van der Waals surface area contributed by atoms with E-state index < -0.39 is 5.91 Å². The van der Waals surface area contributed by atoms with Gasteiger partial charge >= 0.3 is 0 Å². The number of aliphatic imine (C=N–C) groups is 1. The van der Waals surface area contributed by atoms with Crippen molar-refractivity contribution < 1.29 is 9.53 Å². The Hall–Kier alpha value is -3.16. The van der Waals surface area contributed by atoms with Crippen molar-refractivity contribution in [3.8, 4) is 0 Å². The van der Waals surface area contributed by atoms with Crippen molar-refractivity contribution in [3.05, 3.63) is 46.9 Å². The number of nitrogens with two attached hydrogens (primary N) is 1. The van der Waals surface area contributed by atoms with Gasteiger partial charge < -0.3 is 20.4 Å². The van der Waals surface area contributed by atoms with E-state index in [9.17, 15) is 4.79 Å². The number of fused-ring (bicyclic) bond motifs is 1. The smallest absolute Gasteiger partial charge is 0.266 e. The number of allylic oxidation sites excluding steroid dienone is 1. The second-order valence-corrected chi connectivity index (χ2v) is 6.10. The van der Waals surface area contributed by atoms with Crippen LogP contribution in [-0.4, -0.2) is 45.2 Å². The Bertz CT molecular complexity index is 952. The van der Waals surface area contributed by atoms with Crippen LogP contribution in [0.5, 0.6) is 0 Å². The SMILES string of the molecule is COC1=c2[nH]cnc2=C(C2=CC=NC(C)C2)CC1.NC(=O)c1cnc[nH]1. The zero-order valence-electron chi connectivity index (χ0n) is 14.8. The molecule has 1 aliphatic heterocycles. The number of aromatic nitrogens is 4. The number of dihydropyridines is 1. The molecule has 2 aromatic rings. The summed E-state index contributed by atoms with van der Waals surface area (Å²) in [5.74, 6) is 0.520. The lowest BCUT2D eigenvalue weighted by Crippen LogP contribution is -2.34. The number of hydrogen-bond donors (Lipinski definition) is 3. The number of carbonyl (C=O) groups excluding carboxylic acids is 1. The Kier molecular flexibility index (Phi) is 5.31. The molecule has 8 heteroatoms. The number of H-pyrrole nitrogens is 2. The molecular formula is C18H22N6O2. The van der Waals surface area contributed by atoms with Gasteiger partial charge in [-0.1, -0.05) is 0 Å². The van der Waals surface area contributed by atoms with Crippen LogP contribution in [0.4, 0.5) is 0 Å². The topological polar surface area (TPSA) is 122 Å². The first kappa shape index (κ1) is 17.7. The highest BCUT2D eigenvalue weighted by atomic mass is 16.5. The molecule has 0 saturated heterocycles. The number of methoxy groups -OCH3 is 1. The van der Waals surface area contributed by atoms with Crippen molar-refractivity contribution in [2.24, 2.45) is 10.7 Å². The average Bonchev–Trinajstić information content (AvgIpc) is 3.33. The van der Waals surface area contributed by atoms with E-state index >= 15 is 0 Å². The molecule has 4 N–H and O–H groups in total. The van der Waals surface area contributed by atoms with E-state index in [0.717, 1.165) is 35.7 Å². The number of imidazole rings is 2. The van der Waals surface area contributed by atoms with Gasteiger partial charge in [-0.25, -0.2) is 9.97 Å². The lowest BCUT2D eigenvalue weighted by Gasteiger charge is -2.19. The number of primary amides is 1. The molecule has 3 heterocycles. The normalized spacial score (nSPS) is 18.5. The standard InChI is InChI=1S/C14H17N3O.C4H5N3O/c1-9-7-10(5-6-15-9)11-3-4-12(18-2)14-13(11)16-8-17-14;5-4(8)3-1-6-2-7-3/h5-6,8-9H,3-4,7H2,1-2H3,(H,16,17);1-2H,(H2,5,8)(H,6,7). The van der Waals surface area contributed by atoms with Crippen LogP contribution in [0.3, 0.4) is 0 Å². The van der Waals surface area contributed by atoms with Crippen LogP contribution in [0, 0.1) is 0 Å². The molecular weight excluding hydrogens is 332 g/mol. The van der Waals surface area contributed by atoms with Crippen molar-refractivity contribution >= 4 is 23.5 Å². The molecule has 1 atom stereocenters. The second-order valence-electron chi connectivity index (χ2n) is 6.10. The average molecular weight is 354 g/mol. The third-order valence-corrected chi connectivity index (χ3v) is 4.34. The summed E-state index contributed by atoms with van der Waals surface area (Å²) in [7, 11) is 1.72. The summed E-state index contributed by atoms with van der Waals surface area (Å²) in [6.07, 6.45) is 11.5.